The lowest BCUT2D eigenvalue weighted by Gasteiger charge is -2.30. The Balaban J connectivity index is 1.39. The number of hydrogen-bond donors (Lipinski definition) is 0. The second kappa shape index (κ2) is 11.2. The van der Waals surface area contributed by atoms with Crippen LogP contribution in [0.3, 0.4) is 0 Å². The highest BCUT2D eigenvalue weighted by molar-refractivity contribution is 7.80. The van der Waals surface area contributed by atoms with Crippen LogP contribution in [0.4, 0.5) is 0 Å². The Kier molecular flexibility index (Phi) is 7.01. The Morgan fingerprint density at radius 2 is 0.675 bits per heavy atom. The van der Waals surface area contributed by atoms with Crippen molar-refractivity contribution in [1.29, 1.82) is 0 Å². The van der Waals surface area contributed by atoms with Crippen LogP contribution < -0.4 is 36.6 Å². The van der Waals surface area contributed by atoms with Crippen molar-refractivity contribution in [2.24, 2.45) is 0 Å². The Labute approximate surface area is 238 Å². The summed E-state index contributed by atoms with van der Waals surface area (Å²) < 4.78 is 7.12. The Morgan fingerprint density at radius 1 is 0.350 bits per heavy atom. The van der Waals surface area contributed by atoms with E-state index >= 15 is 0 Å². The van der Waals surface area contributed by atoms with E-state index in [1.807, 2.05) is 0 Å². The Hall–Kier alpha value is -4.02. The van der Waals surface area contributed by atoms with Crippen molar-refractivity contribution in [2.75, 3.05) is 0 Å². The zero-order valence-corrected chi connectivity index (χ0v) is 23.8. The lowest BCUT2D eigenvalue weighted by Crippen LogP contribution is -2.26. The number of para-hydroxylation sites is 2. The predicted octanol–water partition coefficient (Wildman–Crippen LogP) is 6.90. The van der Waals surface area contributed by atoms with Crippen molar-refractivity contribution in [3.63, 3.8) is 0 Å². The lowest BCUT2D eigenvalue weighted by atomic mass is 10.0. The fourth-order valence-corrected chi connectivity index (χ4v) is 10.3. The zero-order valence-electron chi connectivity index (χ0n) is 22.0. The van der Waals surface area contributed by atoms with Gasteiger partial charge in [-0.1, -0.05) is 158 Å². The number of rotatable bonds is 6. The van der Waals surface area contributed by atoms with Crippen LogP contribution in [0.25, 0.3) is 0 Å². The first kappa shape index (κ1) is 25.0. The molecule has 7 rings (SSSR count). The summed E-state index contributed by atoms with van der Waals surface area (Å²) in [5, 5.41) is 7.86. The maximum atomic E-state index is 7.12. The molecule has 0 amide bonds. The first-order valence-electron chi connectivity index (χ1n) is 13.6. The van der Waals surface area contributed by atoms with Crippen LogP contribution in [0.15, 0.2) is 158 Å². The lowest BCUT2D eigenvalue weighted by molar-refractivity contribution is 0.468. The van der Waals surface area contributed by atoms with Crippen molar-refractivity contribution in [1.82, 2.24) is 0 Å². The third-order valence-electron chi connectivity index (χ3n) is 7.28. The molecule has 0 aromatic heterocycles. The van der Waals surface area contributed by atoms with Crippen molar-refractivity contribution in [3.05, 3.63) is 169 Å². The summed E-state index contributed by atoms with van der Waals surface area (Å²) in [6.45, 7) is 0. The molecule has 3 heteroatoms. The predicted molar refractivity (Wildman–Crippen MR) is 173 cm³/mol. The van der Waals surface area contributed by atoms with E-state index in [0.29, 0.717) is 0 Å². The molecule has 192 valence electrons. The molecule has 1 aliphatic heterocycles. The highest BCUT2D eigenvalue weighted by Gasteiger charge is 2.30. The first-order valence-corrected chi connectivity index (χ1v) is 16.3. The van der Waals surface area contributed by atoms with E-state index in [9.17, 15) is 0 Å². The first-order chi connectivity index (χ1) is 19.9. The number of ether oxygens (including phenoxy) is 1. The van der Waals surface area contributed by atoms with Gasteiger partial charge >= 0.3 is 0 Å². The summed E-state index contributed by atoms with van der Waals surface area (Å²) in [5.74, 6) is 2.05. The molecule has 0 N–H and O–H groups in total. The average molecular weight is 551 g/mol. The van der Waals surface area contributed by atoms with Gasteiger partial charge in [0, 0.05) is 17.0 Å². The van der Waals surface area contributed by atoms with Crippen molar-refractivity contribution < 1.29 is 4.74 Å². The highest BCUT2D eigenvalue weighted by atomic mass is 31.1. The molecule has 0 aliphatic carbocycles. The zero-order chi connectivity index (χ0) is 26.7. The van der Waals surface area contributed by atoms with Gasteiger partial charge in [-0.3, -0.25) is 0 Å². The van der Waals surface area contributed by atoms with Crippen LogP contribution in [-0.4, -0.2) is 0 Å². The molecule has 0 saturated heterocycles. The summed E-state index contributed by atoms with van der Waals surface area (Å²) in [6.07, 6.45) is 0.867. The smallest absolute Gasteiger partial charge is 0.139 e. The third-order valence-corrected chi connectivity index (χ3v) is 12.2. The quantitative estimate of drug-likeness (QED) is 0.205. The highest BCUT2D eigenvalue weighted by Crippen LogP contribution is 2.46. The van der Waals surface area contributed by atoms with E-state index in [4.69, 9.17) is 4.74 Å². The fourth-order valence-electron chi connectivity index (χ4n) is 5.48. The van der Waals surface area contributed by atoms with E-state index in [0.717, 1.165) is 17.9 Å². The molecule has 0 saturated carbocycles. The fraction of sp³-hybridized carbons (Fsp3) is 0.0270. The maximum Gasteiger partial charge on any atom is 0.139 e. The van der Waals surface area contributed by atoms with Gasteiger partial charge in [-0.05, 0) is 48.2 Å². The summed E-state index contributed by atoms with van der Waals surface area (Å²) in [4.78, 5) is 0. The summed E-state index contributed by atoms with van der Waals surface area (Å²) >= 11 is 0. The molecule has 0 fully saturated rings. The largest absolute Gasteiger partial charge is 0.455 e. The van der Waals surface area contributed by atoms with E-state index in [1.54, 1.807) is 0 Å². The van der Waals surface area contributed by atoms with Gasteiger partial charge in [0.15, 0.2) is 0 Å². The van der Waals surface area contributed by atoms with Gasteiger partial charge < -0.3 is 4.74 Å². The summed E-state index contributed by atoms with van der Waals surface area (Å²) in [5.41, 5.74) is 2.51. The number of hydrogen-bond acceptors (Lipinski definition) is 1. The normalized spacial score (nSPS) is 12.1. The van der Waals surface area contributed by atoms with Gasteiger partial charge in [0.25, 0.3) is 0 Å². The van der Waals surface area contributed by atoms with Crippen molar-refractivity contribution >= 4 is 47.7 Å². The monoisotopic (exact) mass is 550 g/mol. The maximum absolute atomic E-state index is 7.12. The van der Waals surface area contributed by atoms with Crippen LogP contribution in [0.2, 0.25) is 0 Å². The summed E-state index contributed by atoms with van der Waals surface area (Å²) in [6, 6.07) is 57.0. The van der Waals surface area contributed by atoms with Crippen molar-refractivity contribution in [2.45, 2.75) is 6.42 Å². The van der Waals surface area contributed by atoms with Gasteiger partial charge in [-0.15, -0.1) is 0 Å². The molecule has 0 spiro atoms. The van der Waals surface area contributed by atoms with E-state index in [-0.39, 0.29) is 0 Å². The second-order valence-electron chi connectivity index (χ2n) is 9.82. The van der Waals surface area contributed by atoms with Gasteiger partial charge in [-0.25, -0.2) is 0 Å². The molecule has 0 atom stereocenters. The molecule has 6 aromatic rings. The van der Waals surface area contributed by atoms with Crippen molar-refractivity contribution in [3.8, 4) is 11.5 Å². The van der Waals surface area contributed by atoms with Gasteiger partial charge in [-0.2, -0.15) is 0 Å². The minimum atomic E-state index is -0.782. The van der Waals surface area contributed by atoms with Gasteiger partial charge in [0.1, 0.15) is 11.5 Å². The van der Waals surface area contributed by atoms with Crippen LogP contribution in [-0.2, 0) is 6.42 Å². The van der Waals surface area contributed by atoms with Gasteiger partial charge in [0.2, 0.25) is 0 Å². The minimum Gasteiger partial charge on any atom is -0.455 e. The van der Waals surface area contributed by atoms with Crippen LogP contribution in [0.5, 0.6) is 11.5 Å². The van der Waals surface area contributed by atoms with E-state index in [1.165, 1.54) is 43.0 Å². The molecule has 0 bridgehead atoms. The average Bonchev–Trinajstić information content (AvgIpc) is 3.03. The van der Waals surface area contributed by atoms with Crippen LogP contribution in [0.1, 0.15) is 11.1 Å². The molecule has 1 aliphatic rings. The minimum absolute atomic E-state index is 0.782. The van der Waals surface area contributed by atoms with Gasteiger partial charge in [0.05, 0.1) is 0 Å². The standard InChI is InChI=1S/C37H28OP2/c1-5-17-30(18-6-1)39(31-19-7-2-8-20-31)34-25-13-15-28-27-29-16-14-26-35(37(29)38-36(28)34)40(32-21-9-3-10-22-32)33-23-11-4-12-24-33/h1-26H,27H2. The Bertz CT molecular complexity index is 1530. The molecule has 1 heterocycles. The second-order valence-corrected chi connectivity index (χ2v) is 14.2. The van der Waals surface area contributed by atoms with E-state index < -0.39 is 15.8 Å². The number of fused-ring (bicyclic) bond motifs is 2. The topological polar surface area (TPSA) is 9.23 Å². The summed E-state index contributed by atoms with van der Waals surface area (Å²) in [7, 11) is -1.56. The molecular weight excluding hydrogens is 522 g/mol. The molecule has 40 heavy (non-hydrogen) atoms. The third kappa shape index (κ3) is 4.77. The molecule has 1 nitrogen and oxygen atoms in total. The molecule has 0 radical (unpaired) electrons. The SMILES string of the molecule is c1ccc(P(c2ccccc2)c2cccc3c2Oc2c(cccc2P(c2ccccc2)c2ccccc2)C3)cc1. The number of benzene rings is 6. The van der Waals surface area contributed by atoms with E-state index in [2.05, 4.69) is 158 Å². The molecule has 6 aromatic carbocycles. The Morgan fingerprint density at radius 3 is 1.00 bits per heavy atom. The molecule has 0 unspecified atom stereocenters. The van der Waals surface area contributed by atoms with Crippen LogP contribution in [0, 0.1) is 0 Å². The molecular formula is C37H28OP2. The van der Waals surface area contributed by atoms with Crippen LogP contribution >= 0.6 is 15.8 Å².